The zero-order chi connectivity index (χ0) is 7.52. The summed E-state index contributed by atoms with van der Waals surface area (Å²) < 4.78 is 3.36. The molecule has 0 saturated heterocycles. The van der Waals surface area contributed by atoms with Crippen LogP contribution < -0.4 is 0 Å². The maximum Gasteiger partial charge on any atom is 0 e. The van der Waals surface area contributed by atoms with Crippen molar-refractivity contribution in [3.63, 3.8) is 0 Å². The first kappa shape index (κ1) is 17.3. The Morgan fingerprint density at radius 3 is 1.57 bits per heavy atom. The molecular formula is C10H12Cl2LiTi. The smallest absolute Gasteiger partial charge is 0 e. The zero-order valence-corrected chi connectivity index (χ0v) is 11.4. The predicted octanol–water partition coefficient (Wildman–Crippen LogP) is 3.22. The fourth-order valence-electron chi connectivity index (χ4n) is 1.29. The van der Waals surface area contributed by atoms with Gasteiger partial charge in [-0.25, -0.2) is 0 Å². The van der Waals surface area contributed by atoms with Gasteiger partial charge in [-0.15, -0.1) is 24.8 Å². The molecular weight excluding hydrogens is 246 g/mol. The molecule has 2 aliphatic carbocycles. The van der Waals surface area contributed by atoms with E-state index < -0.39 is 0 Å². The van der Waals surface area contributed by atoms with Gasteiger partial charge in [0.15, 0.2) is 0 Å². The zero-order valence-electron chi connectivity index (χ0n) is 8.19. The molecule has 0 aromatic heterocycles. The number of allylic oxidation sites excluding steroid dienone is 8. The molecule has 0 aromatic rings. The summed E-state index contributed by atoms with van der Waals surface area (Å²) in [5, 5.41) is 0. The van der Waals surface area contributed by atoms with Gasteiger partial charge in [0.25, 0.3) is 0 Å². The van der Waals surface area contributed by atoms with Crippen molar-refractivity contribution in [3.05, 3.63) is 44.2 Å². The van der Waals surface area contributed by atoms with E-state index in [1.54, 1.807) is 7.76 Å². The summed E-state index contributed by atoms with van der Waals surface area (Å²) in [6, 6.07) is 0. The molecule has 4 heteroatoms. The molecule has 2 aliphatic rings. The molecule has 0 amide bonds. The molecule has 2 rings (SSSR count). The normalized spacial score (nSPS) is 16.0. The Morgan fingerprint density at radius 2 is 1.29 bits per heavy atom. The average Bonchev–Trinajstić information content (AvgIpc) is 2.60. The van der Waals surface area contributed by atoms with Crippen molar-refractivity contribution in [1.82, 2.24) is 0 Å². The van der Waals surface area contributed by atoms with Gasteiger partial charge in [0.05, 0.1) is 0 Å². The largest absolute Gasteiger partial charge is 0.147 e. The van der Waals surface area contributed by atoms with Gasteiger partial charge in [-0.3, -0.25) is 0 Å². The van der Waals surface area contributed by atoms with Gasteiger partial charge in [-0.05, 0) is 0 Å². The van der Waals surface area contributed by atoms with E-state index in [1.165, 1.54) is 12.8 Å². The van der Waals surface area contributed by atoms with Gasteiger partial charge in [0.1, 0.15) is 0 Å². The Balaban J connectivity index is 0. The van der Waals surface area contributed by atoms with E-state index in [1.807, 2.05) is 0 Å². The minimum Gasteiger partial charge on any atom is -0.147 e. The number of hydrogen-bond donors (Lipinski definition) is 0. The first-order valence-electron chi connectivity index (χ1n) is 3.93. The van der Waals surface area contributed by atoms with Crippen LogP contribution in [-0.2, 0) is 19.2 Å². The molecule has 0 atom stereocenters. The van der Waals surface area contributed by atoms with E-state index in [4.69, 9.17) is 0 Å². The minimum absolute atomic E-state index is 0. The van der Waals surface area contributed by atoms with Gasteiger partial charge in [0, 0.05) is 18.9 Å². The third-order valence-electron chi connectivity index (χ3n) is 1.86. The molecule has 14 heavy (non-hydrogen) atoms. The quantitative estimate of drug-likeness (QED) is 0.667. The summed E-state index contributed by atoms with van der Waals surface area (Å²) in [6.07, 6.45) is 15.9. The number of halogens is 2. The van der Waals surface area contributed by atoms with Crippen LogP contribution in [-0.4, -0.2) is 18.9 Å². The molecule has 0 aliphatic heterocycles. The molecule has 1 radical (unpaired) electrons. The minimum atomic E-state index is 0. The predicted molar refractivity (Wildman–Crippen MR) is 63.9 cm³/mol. The van der Waals surface area contributed by atoms with E-state index in [0.717, 1.165) is 0 Å². The SMILES string of the molecule is C1=CC[C]([Ti][C]2=CC=CC2)=C1.Cl.Cl.[Li]. The second-order valence-electron chi connectivity index (χ2n) is 2.77. The van der Waals surface area contributed by atoms with E-state index in [0.29, 0.717) is 0 Å². The van der Waals surface area contributed by atoms with Crippen molar-refractivity contribution in [2.75, 3.05) is 0 Å². The van der Waals surface area contributed by atoms with Crippen molar-refractivity contribution < 1.29 is 19.2 Å². The van der Waals surface area contributed by atoms with Crippen molar-refractivity contribution in [1.29, 1.82) is 0 Å². The summed E-state index contributed by atoms with van der Waals surface area (Å²) in [6.45, 7) is 0. The molecule has 0 bridgehead atoms. The van der Waals surface area contributed by atoms with Crippen LogP contribution in [0, 0.1) is 0 Å². The summed E-state index contributed by atoms with van der Waals surface area (Å²) >= 11 is 0.0833. The Bertz CT molecular complexity index is 252. The fourth-order valence-corrected chi connectivity index (χ4v) is 3.18. The summed E-state index contributed by atoms with van der Waals surface area (Å²) in [5.74, 6) is 0. The molecule has 0 unspecified atom stereocenters. The van der Waals surface area contributed by atoms with Crippen LogP contribution in [0.5, 0.6) is 0 Å². The van der Waals surface area contributed by atoms with Crippen LogP contribution in [0.1, 0.15) is 12.8 Å². The maximum atomic E-state index is 2.29. The van der Waals surface area contributed by atoms with Crippen molar-refractivity contribution in [2.24, 2.45) is 0 Å². The molecule has 71 valence electrons. The maximum absolute atomic E-state index is 2.29. The molecule has 0 spiro atoms. The van der Waals surface area contributed by atoms with Gasteiger partial charge >= 0.3 is 76.2 Å². The third kappa shape index (κ3) is 5.08. The van der Waals surface area contributed by atoms with Crippen LogP contribution >= 0.6 is 24.8 Å². The van der Waals surface area contributed by atoms with Crippen LogP contribution in [0.4, 0.5) is 0 Å². The first-order chi connectivity index (χ1) is 5.45. The number of rotatable bonds is 2. The van der Waals surface area contributed by atoms with Gasteiger partial charge < -0.3 is 0 Å². The van der Waals surface area contributed by atoms with Crippen molar-refractivity contribution in [3.8, 4) is 0 Å². The molecule has 0 aromatic carbocycles. The molecule has 0 heterocycles. The van der Waals surface area contributed by atoms with Gasteiger partial charge in [-0.2, -0.15) is 0 Å². The number of hydrogen-bond acceptors (Lipinski definition) is 0. The van der Waals surface area contributed by atoms with Crippen molar-refractivity contribution in [2.45, 2.75) is 12.8 Å². The Labute approximate surface area is 119 Å². The van der Waals surface area contributed by atoms with Gasteiger partial charge in [-0.1, -0.05) is 0 Å². The standard InChI is InChI=1S/2C5H5.2ClH.Li.Ti/c2*1-2-4-5-3-1;;;;/h2*1-3H,4H2;2*1H;;. The summed E-state index contributed by atoms with van der Waals surface area (Å²) in [4.78, 5) is 0. The summed E-state index contributed by atoms with van der Waals surface area (Å²) in [7, 11) is 0. The van der Waals surface area contributed by atoms with Gasteiger partial charge in [0.2, 0.25) is 0 Å². The van der Waals surface area contributed by atoms with E-state index in [9.17, 15) is 0 Å². The summed E-state index contributed by atoms with van der Waals surface area (Å²) in [5.41, 5.74) is 0. The molecule has 0 N–H and O–H groups in total. The van der Waals surface area contributed by atoms with E-state index >= 15 is 0 Å². The van der Waals surface area contributed by atoms with E-state index in [2.05, 4.69) is 36.5 Å². The second kappa shape index (κ2) is 9.10. The monoisotopic (exact) mass is 257 g/mol. The molecule has 0 nitrogen and oxygen atoms in total. The Morgan fingerprint density at radius 1 is 0.857 bits per heavy atom. The second-order valence-corrected chi connectivity index (χ2v) is 5.17. The molecule has 0 fully saturated rings. The van der Waals surface area contributed by atoms with Crippen LogP contribution in [0.3, 0.4) is 0 Å². The first-order valence-corrected chi connectivity index (χ1v) is 5.50. The Hall–Kier alpha value is 0.852. The van der Waals surface area contributed by atoms with Crippen LogP contribution in [0.25, 0.3) is 0 Å². The Kier molecular flexibility index (Phi) is 11.2. The van der Waals surface area contributed by atoms with Crippen molar-refractivity contribution >= 4 is 43.7 Å². The fraction of sp³-hybridized carbons (Fsp3) is 0.200. The third-order valence-corrected chi connectivity index (χ3v) is 4.02. The average molecular weight is 258 g/mol. The van der Waals surface area contributed by atoms with Crippen LogP contribution in [0.2, 0.25) is 0 Å². The van der Waals surface area contributed by atoms with Crippen LogP contribution in [0.15, 0.2) is 44.2 Å². The topological polar surface area (TPSA) is 0 Å². The van der Waals surface area contributed by atoms with E-state index in [-0.39, 0.29) is 62.8 Å². The molecule has 0 saturated carbocycles.